The van der Waals surface area contributed by atoms with Gasteiger partial charge in [0.1, 0.15) is 5.78 Å². The normalized spacial score (nSPS) is 18.7. The number of ketones is 1. The maximum absolute atomic E-state index is 13.4. The monoisotopic (exact) mass is 1360 g/mol. The molecule has 16 rings (SSSR count). The third kappa shape index (κ3) is 13.5. The summed E-state index contributed by atoms with van der Waals surface area (Å²) in [5.74, 6) is 0.319. The van der Waals surface area contributed by atoms with Crippen molar-refractivity contribution in [1.29, 1.82) is 0 Å². The number of hydrogen-bond acceptors (Lipinski definition) is 12. The van der Waals surface area contributed by atoms with Crippen molar-refractivity contribution in [2.75, 3.05) is 34.4 Å². The molecule has 4 atom stereocenters. The molecule has 2 fully saturated rings. The van der Waals surface area contributed by atoms with Crippen LogP contribution in [0.1, 0.15) is 160 Å². The van der Waals surface area contributed by atoms with E-state index in [0.717, 1.165) is 122 Å². The third-order valence-electron chi connectivity index (χ3n) is 19.4. The first-order valence-corrected chi connectivity index (χ1v) is 33.8. The van der Waals surface area contributed by atoms with Gasteiger partial charge in [-0.25, -0.2) is 14.4 Å². The fourth-order valence-electron chi connectivity index (χ4n) is 15.0. The molecule has 3 aliphatic heterocycles. The molecule has 2 saturated heterocycles. The number of esters is 3. The number of nitrogens with zero attached hydrogens (tertiary/aromatic N) is 4. The van der Waals surface area contributed by atoms with Crippen LogP contribution in [0.25, 0.3) is 22.3 Å². The van der Waals surface area contributed by atoms with Gasteiger partial charge in [-0.2, -0.15) is 0 Å². The molecule has 0 saturated carbocycles. The SMILES string of the molecule is Brc1cccc2c1-c1cccnc1CC2.COC(=O)c1cccc2c1-c1cccnc1CC2.COC(=O)c1cccc2c1C1CCCN(C(=O)c3ccc4c(c3)N=CC4)[C@H]1CC2.COC(=O)c1cccc2c1C1CCCN[C@H]1CC2.O=C1CCc2cccc(Br)c2C1. The van der Waals surface area contributed by atoms with Gasteiger partial charge in [0, 0.05) is 116 Å². The van der Waals surface area contributed by atoms with Gasteiger partial charge in [0.25, 0.3) is 5.91 Å². The van der Waals surface area contributed by atoms with E-state index in [2.05, 4.69) is 101 Å². The first kappa shape index (κ1) is 63.9. The third-order valence-corrected chi connectivity index (χ3v) is 20.8. The van der Waals surface area contributed by atoms with Gasteiger partial charge < -0.3 is 24.4 Å². The highest BCUT2D eigenvalue weighted by Crippen LogP contribution is 2.45. The van der Waals surface area contributed by atoms with Gasteiger partial charge in [-0.15, -0.1) is 0 Å². The molecule has 1 N–H and O–H groups in total. The van der Waals surface area contributed by atoms with Crippen LogP contribution < -0.4 is 5.32 Å². The van der Waals surface area contributed by atoms with Gasteiger partial charge in [0.05, 0.1) is 43.7 Å². The summed E-state index contributed by atoms with van der Waals surface area (Å²) >= 11 is 7.08. The number of aryl methyl sites for hydroxylation is 7. The summed E-state index contributed by atoms with van der Waals surface area (Å²) in [6.07, 6.45) is 21.0. The molecule has 1 amide bonds. The maximum atomic E-state index is 13.4. The number of benzene rings is 6. The van der Waals surface area contributed by atoms with Crippen LogP contribution in [-0.2, 0) is 76.8 Å². The topological polar surface area (TPSA) is 166 Å². The van der Waals surface area contributed by atoms with Crippen LogP contribution in [0.5, 0.6) is 0 Å². The van der Waals surface area contributed by atoms with Crippen molar-refractivity contribution >= 4 is 73.4 Å². The van der Waals surface area contributed by atoms with E-state index < -0.39 is 0 Å². The number of nitrogens with one attached hydrogen (secondary N) is 1. The average Bonchev–Trinajstić information content (AvgIpc) is 0.832. The number of hydrogen-bond donors (Lipinski definition) is 1. The zero-order chi connectivity index (χ0) is 63.8. The molecule has 6 aromatic carbocycles. The van der Waals surface area contributed by atoms with Gasteiger partial charge in [0.15, 0.2) is 0 Å². The highest BCUT2D eigenvalue weighted by atomic mass is 79.9. The number of carbonyl (C=O) groups is 5. The second-order valence-corrected chi connectivity index (χ2v) is 26.2. The molecule has 13 nitrogen and oxygen atoms in total. The molecule has 2 aromatic heterocycles. The minimum Gasteiger partial charge on any atom is -0.465 e. The molecule has 470 valence electrons. The predicted octanol–water partition coefficient (Wildman–Crippen LogP) is 15.1. The van der Waals surface area contributed by atoms with Crippen molar-refractivity contribution in [3.05, 3.63) is 239 Å². The lowest BCUT2D eigenvalue weighted by atomic mass is 9.72. The molecule has 8 aliphatic rings. The molecular formula is C77H75Br2N5O8. The predicted molar refractivity (Wildman–Crippen MR) is 365 cm³/mol. The van der Waals surface area contributed by atoms with E-state index in [1.165, 1.54) is 106 Å². The average molecular weight is 1360 g/mol. The minimum atomic E-state index is -0.289. The van der Waals surface area contributed by atoms with Crippen LogP contribution in [0.15, 0.2) is 160 Å². The van der Waals surface area contributed by atoms with Crippen molar-refractivity contribution in [3.8, 4) is 22.3 Å². The zero-order valence-corrected chi connectivity index (χ0v) is 55.5. The molecule has 2 unspecified atom stereocenters. The lowest BCUT2D eigenvalue weighted by Crippen LogP contribution is -2.49. The summed E-state index contributed by atoms with van der Waals surface area (Å²) in [4.78, 5) is 76.0. The Morgan fingerprint density at radius 2 is 1.10 bits per heavy atom. The van der Waals surface area contributed by atoms with Crippen molar-refractivity contribution < 1.29 is 38.2 Å². The molecule has 8 aromatic rings. The van der Waals surface area contributed by atoms with Gasteiger partial charge in [-0.05, 0) is 195 Å². The lowest BCUT2D eigenvalue weighted by molar-refractivity contribution is -0.118. The Bertz CT molecular complexity index is 4160. The van der Waals surface area contributed by atoms with Crippen LogP contribution in [0.3, 0.4) is 0 Å². The van der Waals surface area contributed by atoms with Crippen LogP contribution >= 0.6 is 31.9 Å². The van der Waals surface area contributed by atoms with Crippen molar-refractivity contribution in [2.24, 2.45) is 4.99 Å². The number of pyridine rings is 2. The van der Waals surface area contributed by atoms with E-state index in [0.29, 0.717) is 47.3 Å². The second kappa shape index (κ2) is 29.2. The quantitative estimate of drug-likeness (QED) is 0.132. The number of likely N-dealkylation sites (tertiary alicyclic amines) is 1. The maximum Gasteiger partial charge on any atom is 0.338 e. The number of fused-ring (bicyclic) bond motifs is 14. The summed E-state index contributed by atoms with van der Waals surface area (Å²) in [5, 5.41) is 3.59. The molecule has 15 heteroatoms. The van der Waals surface area contributed by atoms with Crippen LogP contribution in [0.2, 0.25) is 0 Å². The van der Waals surface area contributed by atoms with E-state index in [-0.39, 0.29) is 35.8 Å². The molecule has 5 heterocycles. The van der Waals surface area contributed by atoms with Gasteiger partial charge in [0.2, 0.25) is 0 Å². The summed E-state index contributed by atoms with van der Waals surface area (Å²) in [7, 11) is 4.30. The number of Topliss-reactive ketones (excluding diaryl/α,β-unsaturated/α-hetero) is 1. The fourth-order valence-corrected chi connectivity index (χ4v) is 16.2. The largest absolute Gasteiger partial charge is 0.465 e. The van der Waals surface area contributed by atoms with Gasteiger partial charge in [-0.3, -0.25) is 24.5 Å². The number of rotatable bonds is 4. The summed E-state index contributed by atoms with van der Waals surface area (Å²) in [5.41, 5.74) is 21.8. The Kier molecular flexibility index (Phi) is 20.2. The number of methoxy groups -OCH3 is 3. The lowest BCUT2D eigenvalue weighted by Gasteiger charge is -2.45. The van der Waals surface area contributed by atoms with Gasteiger partial charge in [-0.1, -0.05) is 111 Å². The summed E-state index contributed by atoms with van der Waals surface area (Å²) in [6.45, 7) is 1.87. The number of ether oxygens (including phenoxy) is 3. The summed E-state index contributed by atoms with van der Waals surface area (Å²) < 4.78 is 17.1. The van der Waals surface area contributed by atoms with E-state index in [1.807, 2.05) is 102 Å². The van der Waals surface area contributed by atoms with Crippen LogP contribution in [0.4, 0.5) is 5.69 Å². The molecular weight excluding hydrogens is 1280 g/mol. The number of piperidine rings is 2. The molecule has 92 heavy (non-hydrogen) atoms. The minimum absolute atomic E-state index is 0.0728. The number of halogens is 2. The molecule has 5 aliphatic carbocycles. The van der Waals surface area contributed by atoms with E-state index in [1.54, 1.807) is 6.20 Å². The smallest absolute Gasteiger partial charge is 0.338 e. The number of aromatic nitrogens is 2. The number of amides is 1. The van der Waals surface area contributed by atoms with Crippen LogP contribution in [-0.4, -0.2) is 97.2 Å². The van der Waals surface area contributed by atoms with Gasteiger partial charge >= 0.3 is 17.9 Å². The Morgan fingerprint density at radius 3 is 1.78 bits per heavy atom. The van der Waals surface area contributed by atoms with Crippen LogP contribution in [0, 0.1) is 0 Å². The van der Waals surface area contributed by atoms with E-state index in [9.17, 15) is 24.0 Å². The summed E-state index contributed by atoms with van der Waals surface area (Å²) in [6, 6.07) is 44.9. The molecule has 0 spiro atoms. The Labute approximate surface area is 555 Å². The highest BCUT2D eigenvalue weighted by Gasteiger charge is 2.41. The Balaban J connectivity index is 0.000000115. The van der Waals surface area contributed by atoms with Crippen molar-refractivity contribution in [1.82, 2.24) is 20.2 Å². The first-order valence-electron chi connectivity index (χ1n) is 32.2. The van der Waals surface area contributed by atoms with E-state index in [4.69, 9.17) is 14.2 Å². The number of carbonyl (C=O) groups excluding carboxylic acids is 5. The highest BCUT2D eigenvalue weighted by molar-refractivity contribution is 9.10. The fraction of sp³-hybridized carbons (Fsp3) is 0.325. The second-order valence-electron chi connectivity index (χ2n) is 24.5. The standard InChI is InChI=1S/C24H24N2O3.C15H19NO2.C15H13NO2.C13H10BrN.C10H9BrO/c1-29-24(28)19-5-2-4-16-9-10-21-18(22(16)19)6-3-13-26(21)23(27)17-8-7-15-11-12-25-20(15)14-17;2*1-18-15(17)12-5-2-4-10-7-8-13-11(14(10)12)6-3-9-16-13;14-11-5-1-3-9-6-7-12-10(13(9)11)4-2-8-15-12;11-10-3-1-2-7-4-5-8(12)6-9(7)10/h2,4-5,7-8,12,14,18,21H,3,6,9-11,13H2,1H3;2,4-5,11,13,16H,3,6-9H2,1H3;2-6,9H,7-8H2,1H3;1-5,8H,6-7H2;1-3H,4-6H2/t18?,21-;11?,13-;;;/m00.../s1. The first-order chi connectivity index (χ1) is 44.9. The Hall–Kier alpha value is -8.24. The Morgan fingerprint density at radius 1 is 0.533 bits per heavy atom. The van der Waals surface area contributed by atoms with E-state index >= 15 is 0 Å². The zero-order valence-electron chi connectivity index (χ0n) is 52.3. The molecule has 0 radical (unpaired) electrons. The number of aliphatic imine (C=N–C) groups is 1. The van der Waals surface area contributed by atoms with Crippen molar-refractivity contribution in [3.63, 3.8) is 0 Å². The van der Waals surface area contributed by atoms with Crippen molar-refractivity contribution in [2.45, 2.75) is 127 Å². The molecule has 0 bridgehead atoms.